The Balaban J connectivity index is 2.73. The van der Waals surface area contributed by atoms with Crippen LogP contribution in [0.1, 0.15) is 25.6 Å². The van der Waals surface area contributed by atoms with Crippen LogP contribution in [0.25, 0.3) is 0 Å². The van der Waals surface area contributed by atoms with E-state index in [-0.39, 0.29) is 12.0 Å². The normalized spacial score (nSPS) is 15.8. The number of nitrogens with zero attached hydrogens (tertiary/aromatic N) is 1. The maximum absolute atomic E-state index is 9.68. The highest BCUT2D eigenvalue weighted by atomic mass is 16.3. The maximum Gasteiger partial charge on any atom is 0.0771 e. The molecule has 0 aliphatic carbocycles. The van der Waals surface area contributed by atoms with Crippen LogP contribution in [-0.2, 0) is 0 Å². The van der Waals surface area contributed by atoms with E-state index in [1.807, 2.05) is 32.0 Å². The Morgan fingerprint density at radius 3 is 2.54 bits per heavy atom. The molecular weight excluding hydrogens is 164 g/mol. The molecule has 0 saturated heterocycles. The van der Waals surface area contributed by atoms with E-state index in [4.69, 9.17) is 5.73 Å². The number of aromatic nitrogens is 1. The number of hydrogen-bond acceptors (Lipinski definition) is 3. The van der Waals surface area contributed by atoms with E-state index in [2.05, 4.69) is 4.98 Å². The second-order valence-corrected chi connectivity index (χ2v) is 3.51. The molecule has 0 radical (unpaired) electrons. The third-order valence-electron chi connectivity index (χ3n) is 2.08. The molecule has 2 unspecified atom stereocenters. The van der Waals surface area contributed by atoms with Crippen molar-refractivity contribution in [1.82, 2.24) is 4.98 Å². The Hall–Kier alpha value is -0.930. The van der Waals surface area contributed by atoms with Crippen LogP contribution in [-0.4, -0.2) is 16.2 Å². The molecule has 0 aromatic carbocycles. The average molecular weight is 180 g/mol. The van der Waals surface area contributed by atoms with Crippen molar-refractivity contribution in [3.63, 3.8) is 0 Å². The number of pyridine rings is 1. The van der Waals surface area contributed by atoms with Crippen molar-refractivity contribution >= 4 is 0 Å². The molecule has 0 fully saturated rings. The first kappa shape index (κ1) is 10.2. The summed E-state index contributed by atoms with van der Waals surface area (Å²) >= 11 is 0. The van der Waals surface area contributed by atoms with Crippen LogP contribution in [0.4, 0.5) is 0 Å². The van der Waals surface area contributed by atoms with Crippen LogP contribution in [0.5, 0.6) is 0 Å². The summed E-state index contributed by atoms with van der Waals surface area (Å²) in [7, 11) is 0. The van der Waals surface area contributed by atoms with Gasteiger partial charge in [-0.1, -0.05) is 19.9 Å². The molecule has 0 amide bonds. The van der Waals surface area contributed by atoms with Crippen molar-refractivity contribution in [2.24, 2.45) is 11.7 Å². The van der Waals surface area contributed by atoms with Crippen molar-refractivity contribution < 1.29 is 5.11 Å². The van der Waals surface area contributed by atoms with E-state index in [0.717, 1.165) is 5.69 Å². The molecule has 1 heterocycles. The molecule has 1 aromatic heterocycles. The fourth-order valence-electron chi connectivity index (χ4n) is 1.16. The van der Waals surface area contributed by atoms with Gasteiger partial charge in [0.15, 0.2) is 0 Å². The lowest BCUT2D eigenvalue weighted by Crippen LogP contribution is -2.31. The number of aliphatic hydroxyl groups excluding tert-OH is 1. The zero-order valence-electron chi connectivity index (χ0n) is 8.01. The van der Waals surface area contributed by atoms with Gasteiger partial charge in [0.1, 0.15) is 0 Å². The van der Waals surface area contributed by atoms with Gasteiger partial charge in [-0.25, -0.2) is 0 Å². The smallest absolute Gasteiger partial charge is 0.0771 e. The van der Waals surface area contributed by atoms with Gasteiger partial charge in [0.2, 0.25) is 0 Å². The molecule has 13 heavy (non-hydrogen) atoms. The third-order valence-corrected chi connectivity index (χ3v) is 2.08. The molecule has 3 N–H and O–H groups in total. The number of aliphatic hydroxyl groups is 1. The van der Waals surface area contributed by atoms with Crippen LogP contribution in [0.3, 0.4) is 0 Å². The van der Waals surface area contributed by atoms with Gasteiger partial charge < -0.3 is 10.8 Å². The summed E-state index contributed by atoms with van der Waals surface area (Å²) in [5, 5.41) is 9.68. The Morgan fingerprint density at radius 2 is 2.08 bits per heavy atom. The Labute approximate surface area is 78.6 Å². The van der Waals surface area contributed by atoms with E-state index in [1.165, 1.54) is 0 Å². The molecule has 72 valence electrons. The third kappa shape index (κ3) is 2.50. The first-order valence-corrected chi connectivity index (χ1v) is 4.47. The van der Waals surface area contributed by atoms with Gasteiger partial charge in [-0.3, -0.25) is 4.98 Å². The summed E-state index contributed by atoms with van der Waals surface area (Å²) in [4.78, 5) is 4.10. The predicted molar refractivity (Wildman–Crippen MR) is 52.0 cm³/mol. The topological polar surface area (TPSA) is 59.1 Å². The fraction of sp³-hybridized carbons (Fsp3) is 0.500. The van der Waals surface area contributed by atoms with E-state index in [1.54, 1.807) is 6.20 Å². The van der Waals surface area contributed by atoms with E-state index in [9.17, 15) is 5.11 Å². The summed E-state index contributed by atoms with van der Waals surface area (Å²) in [5.74, 6) is 0.150. The minimum absolute atomic E-state index is 0.150. The summed E-state index contributed by atoms with van der Waals surface area (Å²) in [5.41, 5.74) is 6.57. The zero-order valence-corrected chi connectivity index (χ0v) is 8.01. The monoisotopic (exact) mass is 180 g/mol. The second-order valence-electron chi connectivity index (χ2n) is 3.51. The van der Waals surface area contributed by atoms with E-state index < -0.39 is 6.10 Å². The number of rotatable bonds is 3. The summed E-state index contributed by atoms with van der Waals surface area (Å²) in [6.45, 7) is 3.88. The molecule has 0 saturated carbocycles. The van der Waals surface area contributed by atoms with Gasteiger partial charge in [-0.05, 0) is 18.1 Å². The second kappa shape index (κ2) is 4.35. The highest BCUT2D eigenvalue weighted by Gasteiger charge is 2.20. The number of hydrogen-bond donors (Lipinski definition) is 2. The molecule has 0 bridgehead atoms. The van der Waals surface area contributed by atoms with Crippen LogP contribution < -0.4 is 5.73 Å². The van der Waals surface area contributed by atoms with Crippen LogP contribution in [0.15, 0.2) is 24.4 Å². The lowest BCUT2D eigenvalue weighted by Gasteiger charge is -2.21. The summed E-state index contributed by atoms with van der Waals surface area (Å²) in [6.07, 6.45) is 1.15. The van der Waals surface area contributed by atoms with Crippen molar-refractivity contribution in [3.8, 4) is 0 Å². The molecular formula is C10H16N2O. The minimum atomic E-state index is -0.533. The SMILES string of the molecule is CC(C)C(O)C(N)c1ccccn1. The lowest BCUT2D eigenvalue weighted by molar-refractivity contribution is 0.0965. The van der Waals surface area contributed by atoms with Gasteiger partial charge in [0, 0.05) is 6.20 Å². The molecule has 0 aliphatic rings. The Kier molecular flexibility index (Phi) is 3.39. The maximum atomic E-state index is 9.68. The highest BCUT2D eigenvalue weighted by Crippen LogP contribution is 2.16. The molecule has 1 rings (SSSR count). The fourth-order valence-corrected chi connectivity index (χ4v) is 1.16. The molecule has 0 aliphatic heterocycles. The predicted octanol–water partition coefficient (Wildman–Crippen LogP) is 1.10. The van der Waals surface area contributed by atoms with Crippen molar-refractivity contribution in [2.75, 3.05) is 0 Å². The molecule has 2 atom stereocenters. The lowest BCUT2D eigenvalue weighted by atomic mass is 9.98. The first-order valence-electron chi connectivity index (χ1n) is 4.47. The molecule has 3 heteroatoms. The standard InChI is InChI=1S/C10H16N2O/c1-7(2)10(13)9(11)8-5-3-4-6-12-8/h3-7,9-10,13H,11H2,1-2H3. The van der Waals surface area contributed by atoms with Gasteiger partial charge >= 0.3 is 0 Å². The molecule has 1 aromatic rings. The Bertz CT molecular complexity index is 248. The van der Waals surface area contributed by atoms with Gasteiger partial charge in [-0.15, -0.1) is 0 Å². The summed E-state index contributed by atoms with van der Waals surface area (Å²) < 4.78 is 0. The average Bonchev–Trinajstić information content (AvgIpc) is 2.17. The van der Waals surface area contributed by atoms with Crippen molar-refractivity contribution in [1.29, 1.82) is 0 Å². The van der Waals surface area contributed by atoms with Crippen molar-refractivity contribution in [3.05, 3.63) is 30.1 Å². The molecule has 3 nitrogen and oxygen atoms in total. The summed E-state index contributed by atoms with van der Waals surface area (Å²) in [6, 6.07) is 5.14. The van der Waals surface area contributed by atoms with Gasteiger partial charge in [0.25, 0.3) is 0 Å². The first-order chi connectivity index (χ1) is 6.13. The quantitative estimate of drug-likeness (QED) is 0.732. The largest absolute Gasteiger partial charge is 0.391 e. The zero-order chi connectivity index (χ0) is 9.84. The van der Waals surface area contributed by atoms with E-state index >= 15 is 0 Å². The highest BCUT2D eigenvalue weighted by molar-refractivity contribution is 5.09. The Morgan fingerprint density at radius 1 is 1.38 bits per heavy atom. The van der Waals surface area contributed by atoms with Gasteiger partial charge in [-0.2, -0.15) is 0 Å². The number of nitrogens with two attached hydrogens (primary N) is 1. The van der Waals surface area contributed by atoms with Crippen LogP contribution in [0, 0.1) is 5.92 Å². The van der Waals surface area contributed by atoms with Crippen LogP contribution >= 0.6 is 0 Å². The minimum Gasteiger partial charge on any atom is -0.391 e. The van der Waals surface area contributed by atoms with Gasteiger partial charge in [0.05, 0.1) is 17.8 Å². The van der Waals surface area contributed by atoms with Crippen molar-refractivity contribution in [2.45, 2.75) is 26.0 Å². The van der Waals surface area contributed by atoms with E-state index in [0.29, 0.717) is 0 Å². The van der Waals surface area contributed by atoms with Crippen LogP contribution in [0.2, 0.25) is 0 Å². The molecule has 0 spiro atoms.